The van der Waals surface area contributed by atoms with Crippen molar-refractivity contribution in [3.8, 4) is 0 Å². The van der Waals surface area contributed by atoms with Crippen LogP contribution in [0.1, 0.15) is 16.2 Å². The molecule has 0 bridgehead atoms. The molecule has 0 radical (unpaired) electrons. The molecule has 9 nitrogen and oxygen atoms in total. The van der Waals surface area contributed by atoms with Crippen LogP contribution < -0.4 is 4.90 Å². The summed E-state index contributed by atoms with van der Waals surface area (Å²) < 4.78 is 5.02. The lowest BCUT2D eigenvalue weighted by Gasteiger charge is -2.34. The minimum Gasteiger partial charge on any atom is -0.451 e. The Hall–Kier alpha value is -3.10. The fourth-order valence-electron chi connectivity index (χ4n) is 2.40. The first-order valence-electron chi connectivity index (χ1n) is 7.89. The third-order valence-corrected chi connectivity index (χ3v) is 3.78. The first-order valence-corrected chi connectivity index (χ1v) is 7.89. The summed E-state index contributed by atoms with van der Waals surface area (Å²) in [5.74, 6) is -0.238. The molecule has 1 amide bonds. The largest absolute Gasteiger partial charge is 0.451 e. The zero-order valence-electron chi connectivity index (χ0n) is 13.8. The number of anilines is 1. The van der Waals surface area contributed by atoms with Crippen LogP contribution in [0.15, 0.2) is 30.9 Å². The van der Waals surface area contributed by atoms with E-state index in [4.69, 9.17) is 4.74 Å². The van der Waals surface area contributed by atoms with Crippen LogP contribution in [0.4, 0.5) is 5.95 Å². The molecular formula is C16H18N6O3. The molecule has 0 aromatic carbocycles. The third kappa shape index (κ3) is 4.25. The van der Waals surface area contributed by atoms with Crippen molar-refractivity contribution in [1.82, 2.24) is 24.8 Å². The van der Waals surface area contributed by atoms with Crippen molar-refractivity contribution in [2.45, 2.75) is 6.92 Å². The molecule has 3 heterocycles. The molecule has 3 rings (SSSR count). The second-order valence-corrected chi connectivity index (χ2v) is 5.54. The van der Waals surface area contributed by atoms with Gasteiger partial charge in [0.1, 0.15) is 0 Å². The van der Waals surface area contributed by atoms with E-state index >= 15 is 0 Å². The van der Waals surface area contributed by atoms with Gasteiger partial charge in [-0.25, -0.2) is 19.7 Å². The molecule has 9 heteroatoms. The van der Waals surface area contributed by atoms with Gasteiger partial charge in [-0.15, -0.1) is 0 Å². The number of piperazine rings is 1. The smallest absolute Gasteiger partial charge is 0.359 e. The Morgan fingerprint density at radius 1 is 1.04 bits per heavy atom. The molecule has 1 aliphatic rings. The Kier molecular flexibility index (Phi) is 5.12. The van der Waals surface area contributed by atoms with Crippen molar-refractivity contribution < 1.29 is 14.3 Å². The first-order chi connectivity index (χ1) is 12.1. The second-order valence-electron chi connectivity index (χ2n) is 5.54. The summed E-state index contributed by atoms with van der Waals surface area (Å²) in [5.41, 5.74) is 0.789. The molecule has 0 spiro atoms. The highest BCUT2D eigenvalue weighted by atomic mass is 16.5. The standard InChI is InChI=1S/C16H18N6O3/c1-12-9-20-13(10-19-12)15(24)25-11-14(23)21-5-7-22(8-6-21)16-17-3-2-4-18-16/h2-4,9-10H,5-8,11H2,1H3. The average Bonchev–Trinajstić information content (AvgIpc) is 2.67. The van der Waals surface area contributed by atoms with Crippen LogP contribution in [0.3, 0.4) is 0 Å². The Labute approximate surface area is 144 Å². The predicted molar refractivity (Wildman–Crippen MR) is 87.9 cm³/mol. The van der Waals surface area contributed by atoms with E-state index in [1.807, 2.05) is 4.90 Å². The number of aromatic nitrogens is 4. The number of ether oxygens (including phenoxy) is 1. The zero-order valence-corrected chi connectivity index (χ0v) is 13.8. The van der Waals surface area contributed by atoms with Crippen molar-refractivity contribution >= 4 is 17.8 Å². The normalized spacial score (nSPS) is 14.3. The maximum absolute atomic E-state index is 12.2. The van der Waals surface area contributed by atoms with Crippen LogP contribution in [0.25, 0.3) is 0 Å². The molecule has 1 fully saturated rings. The molecule has 1 saturated heterocycles. The van der Waals surface area contributed by atoms with E-state index in [-0.39, 0.29) is 18.2 Å². The van der Waals surface area contributed by atoms with Crippen molar-refractivity contribution in [3.05, 3.63) is 42.2 Å². The van der Waals surface area contributed by atoms with Crippen molar-refractivity contribution in [3.63, 3.8) is 0 Å². The minimum absolute atomic E-state index is 0.0874. The number of carbonyl (C=O) groups is 2. The van der Waals surface area contributed by atoms with Crippen molar-refractivity contribution in [1.29, 1.82) is 0 Å². The van der Waals surface area contributed by atoms with E-state index in [0.29, 0.717) is 37.8 Å². The van der Waals surface area contributed by atoms with Gasteiger partial charge in [0.2, 0.25) is 5.95 Å². The monoisotopic (exact) mass is 342 g/mol. The molecule has 130 valence electrons. The van der Waals surface area contributed by atoms with Gasteiger partial charge in [0, 0.05) is 44.8 Å². The molecule has 0 saturated carbocycles. The SMILES string of the molecule is Cc1cnc(C(=O)OCC(=O)N2CCN(c3ncccn3)CC2)cn1. The van der Waals surface area contributed by atoms with Crippen LogP contribution >= 0.6 is 0 Å². The highest BCUT2D eigenvalue weighted by Gasteiger charge is 2.23. The molecular weight excluding hydrogens is 324 g/mol. The number of hydrogen-bond acceptors (Lipinski definition) is 8. The Morgan fingerprint density at radius 2 is 1.76 bits per heavy atom. The summed E-state index contributed by atoms with van der Waals surface area (Å²) >= 11 is 0. The molecule has 0 atom stereocenters. The van der Waals surface area contributed by atoms with Crippen LogP contribution in [0.2, 0.25) is 0 Å². The first kappa shape index (κ1) is 16.7. The van der Waals surface area contributed by atoms with Crippen LogP contribution in [0.5, 0.6) is 0 Å². The van der Waals surface area contributed by atoms with Crippen LogP contribution in [-0.2, 0) is 9.53 Å². The zero-order chi connectivity index (χ0) is 17.6. The number of amides is 1. The van der Waals surface area contributed by atoms with Gasteiger partial charge in [-0.1, -0.05) is 0 Å². The highest BCUT2D eigenvalue weighted by Crippen LogP contribution is 2.10. The molecule has 1 aliphatic heterocycles. The average molecular weight is 342 g/mol. The number of rotatable bonds is 4. The van der Waals surface area contributed by atoms with E-state index in [1.165, 1.54) is 12.4 Å². The Morgan fingerprint density at radius 3 is 2.40 bits per heavy atom. The van der Waals surface area contributed by atoms with E-state index in [1.54, 1.807) is 30.3 Å². The van der Waals surface area contributed by atoms with Gasteiger partial charge in [-0.05, 0) is 13.0 Å². The highest BCUT2D eigenvalue weighted by molar-refractivity contribution is 5.89. The maximum atomic E-state index is 12.2. The Bertz CT molecular complexity index is 729. The summed E-state index contributed by atoms with van der Waals surface area (Å²) in [4.78, 5) is 44.0. The number of aryl methyl sites for hydroxylation is 1. The van der Waals surface area contributed by atoms with E-state index in [2.05, 4.69) is 19.9 Å². The lowest BCUT2D eigenvalue weighted by molar-refractivity contribution is -0.134. The lowest BCUT2D eigenvalue weighted by atomic mass is 10.3. The number of nitrogens with zero attached hydrogens (tertiary/aromatic N) is 6. The van der Waals surface area contributed by atoms with Crippen molar-refractivity contribution in [2.24, 2.45) is 0 Å². The predicted octanol–water partition coefficient (Wildman–Crippen LogP) is 0.0806. The van der Waals surface area contributed by atoms with Gasteiger partial charge < -0.3 is 14.5 Å². The summed E-state index contributed by atoms with van der Waals surface area (Å²) in [6.07, 6.45) is 6.19. The van der Waals surface area contributed by atoms with E-state index in [9.17, 15) is 9.59 Å². The lowest BCUT2D eigenvalue weighted by Crippen LogP contribution is -2.50. The fourth-order valence-corrected chi connectivity index (χ4v) is 2.40. The third-order valence-electron chi connectivity index (χ3n) is 3.78. The second kappa shape index (κ2) is 7.65. The summed E-state index contributed by atoms with van der Waals surface area (Å²) in [6, 6.07) is 1.76. The fraction of sp³-hybridized carbons (Fsp3) is 0.375. The van der Waals surface area contributed by atoms with Gasteiger partial charge in [-0.3, -0.25) is 9.78 Å². The number of hydrogen-bond donors (Lipinski definition) is 0. The van der Waals surface area contributed by atoms with E-state index < -0.39 is 5.97 Å². The van der Waals surface area contributed by atoms with Gasteiger partial charge in [0.15, 0.2) is 12.3 Å². The summed E-state index contributed by atoms with van der Waals surface area (Å²) in [6.45, 7) is 3.78. The van der Waals surface area contributed by atoms with Gasteiger partial charge in [-0.2, -0.15) is 0 Å². The summed E-state index contributed by atoms with van der Waals surface area (Å²) in [5, 5.41) is 0. The molecule has 0 unspecified atom stereocenters. The Balaban J connectivity index is 1.46. The molecule has 2 aromatic rings. The molecule has 0 N–H and O–H groups in total. The van der Waals surface area contributed by atoms with Crippen LogP contribution in [-0.4, -0.2) is 69.5 Å². The molecule has 25 heavy (non-hydrogen) atoms. The molecule has 2 aromatic heterocycles. The van der Waals surface area contributed by atoms with E-state index in [0.717, 1.165) is 0 Å². The van der Waals surface area contributed by atoms with Gasteiger partial charge in [0.05, 0.1) is 11.9 Å². The van der Waals surface area contributed by atoms with Gasteiger partial charge >= 0.3 is 5.97 Å². The topological polar surface area (TPSA) is 101 Å². The molecule has 0 aliphatic carbocycles. The summed E-state index contributed by atoms with van der Waals surface area (Å²) in [7, 11) is 0. The van der Waals surface area contributed by atoms with Crippen LogP contribution in [0, 0.1) is 6.92 Å². The quantitative estimate of drug-likeness (QED) is 0.720. The number of esters is 1. The maximum Gasteiger partial charge on any atom is 0.359 e. The number of carbonyl (C=O) groups excluding carboxylic acids is 2. The minimum atomic E-state index is -0.655. The van der Waals surface area contributed by atoms with Gasteiger partial charge in [0.25, 0.3) is 5.91 Å². The van der Waals surface area contributed by atoms with Crippen molar-refractivity contribution in [2.75, 3.05) is 37.7 Å².